The number of aliphatic hydroxyl groups excluding tert-OH is 1. The van der Waals surface area contributed by atoms with E-state index in [9.17, 15) is 5.11 Å². The predicted molar refractivity (Wildman–Crippen MR) is 119 cm³/mol. The molecule has 0 heterocycles. The molecule has 28 heavy (non-hydrogen) atoms. The zero-order chi connectivity index (χ0) is 20.1. The van der Waals surface area contributed by atoms with Gasteiger partial charge < -0.3 is 5.11 Å². The van der Waals surface area contributed by atoms with Gasteiger partial charge in [-0.05, 0) is 79.4 Å². The molecular formula is C27H44O. The van der Waals surface area contributed by atoms with Crippen LogP contribution in [0.2, 0.25) is 0 Å². The Kier molecular flexibility index (Phi) is 5.62. The Labute approximate surface area is 174 Å². The Bertz CT molecular complexity index is 630. The van der Waals surface area contributed by atoms with E-state index in [1.165, 1.54) is 56.9 Å². The highest BCUT2D eigenvalue weighted by molar-refractivity contribution is 5.32. The van der Waals surface area contributed by atoms with Gasteiger partial charge in [0.15, 0.2) is 0 Å². The highest BCUT2D eigenvalue weighted by atomic mass is 16.3. The highest BCUT2D eigenvalue weighted by Gasteiger charge is 2.58. The summed E-state index contributed by atoms with van der Waals surface area (Å²) >= 11 is 0. The molecule has 1 heteroatoms. The molecular weight excluding hydrogens is 340 g/mol. The number of hydrogen-bond donors (Lipinski definition) is 1. The Balaban J connectivity index is 1.50. The number of rotatable bonds is 5. The standard InChI is InChI=1S/C27H44O/c1-18(2)7-6-8-19(3)23-11-12-24-22-10-9-20-17-21(28)13-15-26(20,4)25(22)14-16-27(23,24)5/h9,13,15,18-19,21-25,28H,6-8,10-12,14,16-17H2,1-5H3/t19-,21-,22+,23-,24+,25+,26+,27-/m1/s1. The molecule has 0 amide bonds. The Hall–Kier alpha value is -0.560. The maximum atomic E-state index is 10.1. The average molecular weight is 385 g/mol. The van der Waals surface area contributed by atoms with Crippen LogP contribution in [0.5, 0.6) is 0 Å². The van der Waals surface area contributed by atoms with E-state index in [-0.39, 0.29) is 11.5 Å². The molecule has 2 saturated carbocycles. The van der Waals surface area contributed by atoms with Crippen LogP contribution in [0.25, 0.3) is 0 Å². The average Bonchev–Trinajstić information content (AvgIpc) is 2.99. The van der Waals surface area contributed by atoms with Crippen molar-refractivity contribution in [2.45, 2.75) is 98.5 Å². The summed E-state index contributed by atoms with van der Waals surface area (Å²) in [5, 5.41) is 10.1. The number of allylic oxidation sites excluding steroid dienone is 2. The lowest BCUT2D eigenvalue weighted by Gasteiger charge is -2.57. The fourth-order valence-corrected chi connectivity index (χ4v) is 8.26. The van der Waals surface area contributed by atoms with E-state index in [1.54, 1.807) is 0 Å². The second-order valence-electron chi connectivity index (χ2n) is 11.8. The minimum atomic E-state index is -0.257. The lowest BCUT2D eigenvalue weighted by atomic mass is 9.48. The summed E-state index contributed by atoms with van der Waals surface area (Å²) in [5.74, 6) is 5.25. The minimum Gasteiger partial charge on any atom is -0.389 e. The fourth-order valence-electron chi connectivity index (χ4n) is 8.26. The molecule has 1 nitrogen and oxygen atoms in total. The zero-order valence-electron chi connectivity index (χ0n) is 19.1. The van der Waals surface area contributed by atoms with Gasteiger partial charge in [0.05, 0.1) is 6.10 Å². The lowest BCUT2D eigenvalue weighted by molar-refractivity contribution is -0.0356. The van der Waals surface area contributed by atoms with Gasteiger partial charge in [0.1, 0.15) is 0 Å². The first-order valence-corrected chi connectivity index (χ1v) is 12.3. The Morgan fingerprint density at radius 2 is 1.86 bits per heavy atom. The monoisotopic (exact) mass is 384 g/mol. The van der Waals surface area contributed by atoms with Gasteiger partial charge in [0, 0.05) is 5.41 Å². The van der Waals surface area contributed by atoms with Crippen molar-refractivity contribution in [1.82, 2.24) is 0 Å². The molecule has 0 aliphatic heterocycles. The molecule has 1 N–H and O–H groups in total. The second kappa shape index (κ2) is 7.60. The van der Waals surface area contributed by atoms with Crippen LogP contribution in [0, 0.1) is 46.3 Å². The quantitative estimate of drug-likeness (QED) is 0.498. The molecule has 0 aromatic carbocycles. The zero-order valence-corrected chi connectivity index (χ0v) is 19.1. The highest BCUT2D eigenvalue weighted by Crippen LogP contribution is 2.66. The van der Waals surface area contributed by atoms with E-state index in [1.807, 2.05) is 0 Å². The van der Waals surface area contributed by atoms with Gasteiger partial charge in [-0.1, -0.05) is 77.7 Å². The van der Waals surface area contributed by atoms with Crippen LogP contribution < -0.4 is 0 Å². The van der Waals surface area contributed by atoms with Gasteiger partial charge in [-0.2, -0.15) is 0 Å². The molecule has 0 aromatic heterocycles. The molecule has 4 aliphatic carbocycles. The molecule has 4 aliphatic rings. The number of aliphatic hydroxyl groups is 1. The van der Waals surface area contributed by atoms with Crippen molar-refractivity contribution in [3.8, 4) is 0 Å². The van der Waals surface area contributed by atoms with Gasteiger partial charge in [-0.25, -0.2) is 0 Å². The lowest BCUT2D eigenvalue weighted by Crippen LogP contribution is -2.49. The first kappa shape index (κ1) is 20.7. The number of fused-ring (bicyclic) bond motifs is 5. The van der Waals surface area contributed by atoms with E-state index in [2.05, 4.69) is 52.8 Å². The molecule has 0 unspecified atom stereocenters. The summed E-state index contributed by atoms with van der Waals surface area (Å²) in [6.07, 6.45) is 18.9. The van der Waals surface area contributed by atoms with Crippen LogP contribution >= 0.6 is 0 Å². The SMILES string of the molecule is CC(C)CCC[C@@H](C)[C@H]1CC[C@H]2[C@@H]3CC=C4C[C@H](O)C=C[C@]4(C)[C@H]3CC[C@]12C. The van der Waals surface area contributed by atoms with E-state index in [0.29, 0.717) is 5.41 Å². The molecule has 8 atom stereocenters. The van der Waals surface area contributed by atoms with Crippen molar-refractivity contribution in [3.05, 3.63) is 23.8 Å². The topological polar surface area (TPSA) is 20.2 Å². The van der Waals surface area contributed by atoms with Crippen molar-refractivity contribution in [3.63, 3.8) is 0 Å². The van der Waals surface area contributed by atoms with Crippen molar-refractivity contribution >= 4 is 0 Å². The van der Waals surface area contributed by atoms with Crippen LogP contribution in [-0.4, -0.2) is 11.2 Å². The summed E-state index contributed by atoms with van der Waals surface area (Å²) in [6, 6.07) is 0. The molecule has 158 valence electrons. The normalized spacial score (nSPS) is 46.0. The smallest absolute Gasteiger partial charge is 0.0758 e. The molecule has 0 bridgehead atoms. The summed E-state index contributed by atoms with van der Waals surface area (Å²) in [4.78, 5) is 0. The maximum absolute atomic E-state index is 10.1. The summed E-state index contributed by atoms with van der Waals surface area (Å²) in [7, 11) is 0. The molecule has 4 rings (SSSR count). The summed E-state index contributed by atoms with van der Waals surface area (Å²) in [5.41, 5.74) is 2.31. The largest absolute Gasteiger partial charge is 0.389 e. The van der Waals surface area contributed by atoms with Gasteiger partial charge >= 0.3 is 0 Å². The molecule has 0 aromatic rings. The molecule has 0 radical (unpaired) electrons. The van der Waals surface area contributed by atoms with Crippen molar-refractivity contribution in [2.75, 3.05) is 0 Å². The molecule has 0 saturated heterocycles. The van der Waals surface area contributed by atoms with Crippen molar-refractivity contribution in [2.24, 2.45) is 46.3 Å². The van der Waals surface area contributed by atoms with Gasteiger partial charge in [0.2, 0.25) is 0 Å². The van der Waals surface area contributed by atoms with Crippen molar-refractivity contribution < 1.29 is 5.11 Å². The fraction of sp³-hybridized carbons (Fsp3) is 0.852. The van der Waals surface area contributed by atoms with Crippen LogP contribution in [0.15, 0.2) is 23.8 Å². The van der Waals surface area contributed by atoms with E-state index in [4.69, 9.17) is 0 Å². The first-order valence-electron chi connectivity index (χ1n) is 12.3. The third kappa shape index (κ3) is 3.34. The predicted octanol–water partition coefficient (Wildman–Crippen LogP) is 7.16. The van der Waals surface area contributed by atoms with Crippen LogP contribution in [0.1, 0.15) is 92.4 Å². The number of hydrogen-bond acceptors (Lipinski definition) is 1. The van der Waals surface area contributed by atoms with Crippen molar-refractivity contribution in [1.29, 1.82) is 0 Å². The summed E-state index contributed by atoms with van der Waals surface area (Å²) < 4.78 is 0. The van der Waals surface area contributed by atoms with Crippen LogP contribution in [0.3, 0.4) is 0 Å². The molecule has 0 spiro atoms. The minimum absolute atomic E-state index is 0.213. The van der Waals surface area contributed by atoms with Gasteiger partial charge in [-0.15, -0.1) is 0 Å². The van der Waals surface area contributed by atoms with Gasteiger partial charge in [-0.3, -0.25) is 0 Å². The van der Waals surface area contributed by atoms with Gasteiger partial charge in [0.25, 0.3) is 0 Å². The van der Waals surface area contributed by atoms with Crippen LogP contribution in [0.4, 0.5) is 0 Å². The first-order chi connectivity index (χ1) is 13.3. The van der Waals surface area contributed by atoms with E-state index in [0.717, 1.165) is 41.9 Å². The van der Waals surface area contributed by atoms with Crippen LogP contribution in [-0.2, 0) is 0 Å². The Morgan fingerprint density at radius 1 is 1.07 bits per heavy atom. The second-order valence-corrected chi connectivity index (χ2v) is 11.8. The third-order valence-electron chi connectivity index (χ3n) is 9.83. The molecule has 2 fully saturated rings. The Morgan fingerprint density at radius 3 is 2.61 bits per heavy atom. The maximum Gasteiger partial charge on any atom is 0.0758 e. The van der Waals surface area contributed by atoms with E-state index >= 15 is 0 Å². The third-order valence-corrected chi connectivity index (χ3v) is 9.83. The van der Waals surface area contributed by atoms with E-state index < -0.39 is 0 Å². The summed E-state index contributed by atoms with van der Waals surface area (Å²) in [6.45, 7) is 12.4.